The number of hydrogen-bond acceptors (Lipinski definition) is 1. The van der Waals surface area contributed by atoms with E-state index in [0.29, 0.717) is 11.7 Å². The molecule has 0 aliphatic heterocycles. The summed E-state index contributed by atoms with van der Waals surface area (Å²) in [6.45, 7) is 4.22. The maximum absolute atomic E-state index is 11.8. The van der Waals surface area contributed by atoms with Crippen molar-refractivity contribution in [3.63, 3.8) is 0 Å². The third-order valence-corrected chi connectivity index (χ3v) is 2.91. The summed E-state index contributed by atoms with van der Waals surface area (Å²) in [6.07, 6.45) is 0.996. The van der Waals surface area contributed by atoms with Crippen LogP contribution in [0.25, 0.3) is 0 Å². The Bertz CT molecular complexity index is 341. The Kier molecular flexibility index (Phi) is 1.95. The lowest BCUT2D eigenvalue weighted by Crippen LogP contribution is -2.22. The molecule has 2 atom stereocenters. The van der Waals surface area contributed by atoms with E-state index < -0.39 is 0 Å². The lowest BCUT2D eigenvalue weighted by molar-refractivity contribution is 0.0906. The van der Waals surface area contributed by atoms with Crippen LogP contribution in [0.2, 0.25) is 0 Å². The second-order valence-electron chi connectivity index (χ2n) is 3.99. The number of rotatable bonds is 0. The van der Waals surface area contributed by atoms with Crippen LogP contribution in [0.15, 0.2) is 24.3 Å². The third kappa shape index (κ3) is 1.28. The minimum absolute atomic E-state index is 0.199. The molecule has 2 rings (SSSR count). The fraction of sp³-hybridized carbons (Fsp3) is 0.417. The molecule has 13 heavy (non-hydrogen) atoms. The van der Waals surface area contributed by atoms with Crippen molar-refractivity contribution < 1.29 is 4.79 Å². The number of Topliss-reactive ketones (excluding diaryl/α,β-unsaturated/α-hetero) is 1. The molecule has 0 bridgehead atoms. The van der Waals surface area contributed by atoms with E-state index in [1.165, 1.54) is 5.56 Å². The molecule has 0 amide bonds. The molecule has 1 aliphatic rings. The first-order valence-electron chi connectivity index (χ1n) is 4.83. The van der Waals surface area contributed by atoms with Crippen LogP contribution in [-0.4, -0.2) is 5.78 Å². The fourth-order valence-corrected chi connectivity index (χ4v) is 2.18. The topological polar surface area (TPSA) is 17.1 Å². The van der Waals surface area contributed by atoms with Crippen LogP contribution in [-0.2, 0) is 0 Å². The summed E-state index contributed by atoms with van der Waals surface area (Å²) in [4.78, 5) is 11.8. The molecule has 1 aromatic rings. The summed E-state index contributed by atoms with van der Waals surface area (Å²) in [5, 5.41) is 0. The highest BCUT2D eigenvalue weighted by Gasteiger charge is 2.27. The molecule has 0 aromatic heterocycles. The smallest absolute Gasteiger partial charge is 0.165 e. The van der Waals surface area contributed by atoms with Crippen molar-refractivity contribution in [1.29, 1.82) is 0 Å². The molecule has 0 spiro atoms. The molecule has 0 unspecified atom stereocenters. The maximum Gasteiger partial charge on any atom is 0.165 e. The van der Waals surface area contributed by atoms with Gasteiger partial charge < -0.3 is 0 Å². The summed E-state index contributed by atoms with van der Waals surface area (Å²) in [5.41, 5.74) is 2.17. The summed E-state index contributed by atoms with van der Waals surface area (Å²) >= 11 is 0. The quantitative estimate of drug-likeness (QED) is 0.591. The number of benzene rings is 1. The highest BCUT2D eigenvalue weighted by Crippen LogP contribution is 2.33. The Morgan fingerprint density at radius 3 is 2.62 bits per heavy atom. The lowest BCUT2D eigenvalue weighted by Gasteiger charge is -2.25. The minimum atomic E-state index is 0.199. The Hall–Kier alpha value is -1.11. The van der Waals surface area contributed by atoms with Gasteiger partial charge in [0, 0.05) is 11.5 Å². The van der Waals surface area contributed by atoms with Gasteiger partial charge in [0.2, 0.25) is 0 Å². The highest BCUT2D eigenvalue weighted by atomic mass is 16.1. The van der Waals surface area contributed by atoms with E-state index in [2.05, 4.69) is 13.0 Å². The lowest BCUT2D eigenvalue weighted by atomic mass is 9.78. The maximum atomic E-state index is 11.8. The van der Waals surface area contributed by atoms with Gasteiger partial charge in [-0.05, 0) is 17.9 Å². The van der Waals surface area contributed by atoms with Gasteiger partial charge in [0.05, 0.1) is 0 Å². The van der Waals surface area contributed by atoms with E-state index in [9.17, 15) is 4.79 Å². The van der Waals surface area contributed by atoms with Gasteiger partial charge in [-0.1, -0.05) is 38.1 Å². The average Bonchev–Trinajstić information content (AvgIpc) is 2.15. The first-order chi connectivity index (χ1) is 6.20. The Morgan fingerprint density at radius 1 is 1.15 bits per heavy atom. The van der Waals surface area contributed by atoms with Gasteiger partial charge in [-0.2, -0.15) is 0 Å². The number of carbonyl (C=O) groups excluding carboxylic acids is 1. The second-order valence-corrected chi connectivity index (χ2v) is 3.99. The number of hydrogen-bond donors (Lipinski definition) is 0. The van der Waals surface area contributed by atoms with Crippen molar-refractivity contribution in [2.75, 3.05) is 0 Å². The number of fused-ring (bicyclic) bond motifs is 1. The molecule has 1 nitrogen and oxygen atoms in total. The summed E-state index contributed by atoms with van der Waals surface area (Å²) < 4.78 is 0. The zero-order chi connectivity index (χ0) is 9.42. The number of ketones is 1. The van der Waals surface area contributed by atoms with Crippen LogP contribution in [0.1, 0.15) is 42.1 Å². The molecular weight excluding hydrogens is 160 g/mol. The second kappa shape index (κ2) is 2.99. The molecule has 0 saturated carbocycles. The van der Waals surface area contributed by atoms with E-state index in [4.69, 9.17) is 0 Å². The zero-order valence-corrected chi connectivity index (χ0v) is 8.08. The van der Waals surface area contributed by atoms with Crippen molar-refractivity contribution in [1.82, 2.24) is 0 Å². The van der Waals surface area contributed by atoms with Crippen LogP contribution in [0.3, 0.4) is 0 Å². The molecule has 0 heterocycles. The van der Waals surface area contributed by atoms with E-state index >= 15 is 0 Å². The molecule has 0 saturated heterocycles. The average molecular weight is 174 g/mol. The summed E-state index contributed by atoms with van der Waals surface area (Å²) in [5.74, 6) is 1.04. The Balaban J connectivity index is 2.54. The van der Waals surface area contributed by atoms with Crippen LogP contribution >= 0.6 is 0 Å². The van der Waals surface area contributed by atoms with Gasteiger partial charge in [0.25, 0.3) is 0 Å². The van der Waals surface area contributed by atoms with Gasteiger partial charge in [-0.3, -0.25) is 4.79 Å². The minimum Gasteiger partial charge on any atom is -0.294 e. The van der Waals surface area contributed by atoms with E-state index in [0.717, 1.165) is 12.0 Å². The summed E-state index contributed by atoms with van der Waals surface area (Å²) in [7, 11) is 0. The molecule has 0 fully saturated rings. The van der Waals surface area contributed by atoms with E-state index in [1.54, 1.807) is 0 Å². The largest absolute Gasteiger partial charge is 0.294 e. The first kappa shape index (κ1) is 8.49. The molecule has 1 heteroatoms. The van der Waals surface area contributed by atoms with Crippen molar-refractivity contribution in [2.45, 2.75) is 26.2 Å². The fourth-order valence-electron chi connectivity index (χ4n) is 2.18. The molecule has 68 valence electrons. The number of carbonyl (C=O) groups is 1. The third-order valence-electron chi connectivity index (χ3n) is 2.91. The first-order valence-corrected chi connectivity index (χ1v) is 4.83. The zero-order valence-electron chi connectivity index (χ0n) is 8.08. The molecule has 1 aromatic carbocycles. The van der Waals surface area contributed by atoms with Crippen molar-refractivity contribution >= 4 is 5.78 Å². The van der Waals surface area contributed by atoms with Crippen LogP contribution in [0, 0.1) is 5.92 Å². The van der Waals surface area contributed by atoms with Gasteiger partial charge in [-0.15, -0.1) is 0 Å². The highest BCUT2D eigenvalue weighted by molar-refractivity contribution is 6.00. The van der Waals surface area contributed by atoms with Crippen molar-refractivity contribution in [3.8, 4) is 0 Å². The predicted molar refractivity (Wildman–Crippen MR) is 53.0 cm³/mol. The molecule has 1 aliphatic carbocycles. The normalized spacial score (nSPS) is 27.1. The van der Waals surface area contributed by atoms with Gasteiger partial charge in [0.15, 0.2) is 5.78 Å². The van der Waals surface area contributed by atoms with Crippen LogP contribution in [0.4, 0.5) is 0 Å². The summed E-state index contributed by atoms with van der Waals surface area (Å²) in [6, 6.07) is 7.98. The van der Waals surface area contributed by atoms with Crippen molar-refractivity contribution in [3.05, 3.63) is 35.4 Å². The van der Waals surface area contributed by atoms with E-state index in [1.807, 2.05) is 25.1 Å². The van der Waals surface area contributed by atoms with Gasteiger partial charge in [0.1, 0.15) is 0 Å². The standard InChI is InChI=1S/C12H14O/c1-8-7-9(2)12(13)11-6-4-3-5-10(8)11/h3-6,8-9H,7H2,1-2H3/t8-,9-/m1/s1. The van der Waals surface area contributed by atoms with Gasteiger partial charge in [-0.25, -0.2) is 0 Å². The predicted octanol–water partition coefficient (Wildman–Crippen LogP) is 3.01. The van der Waals surface area contributed by atoms with Crippen molar-refractivity contribution in [2.24, 2.45) is 5.92 Å². The SMILES string of the molecule is C[C@@H]1C[C@@H](C)c2ccccc2C1=O. The van der Waals surface area contributed by atoms with Crippen LogP contribution < -0.4 is 0 Å². The Morgan fingerprint density at radius 2 is 1.85 bits per heavy atom. The Labute approximate surface area is 78.8 Å². The molecule has 0 N–H and O–H groups in total. The van der Waals surface area contributed by atoms with Crippen LogP contribution in [0.5, 0.6) is 0 Å². The molecular formula is C12H14O. The van der Waals surface area contributed by atoms with E-state index in [-0.39, 0.29) is 5.92 Å². The monoisotopic (exact) mass is 174 g/mol. The molecule has 0 radical (unpaired) electrons. The van der Waals surface area contributed by atoms with Gasteiger partial charge >= 0.3 is 0 Å².